The van der Waals surface area contributed by atoms with Gasteiger partial charge in [0.1, 0.15) is 11.4 Å². The number of hydrogen-bond donors (Lipinski definition) is 2. The van der Waals surface area contributed by atoms with Gasteiger partial charge in [0, 0.05) is 24.4 Å². The molecule has 1 unspecified atom stereocenters. The van der Waals surface area contributed by atoms with E-state index < -0.39 is 11.5 Å². The Kier molecular flexibility index (Phi) is 4.18. The summed E-state index contributed by atoms with van der Waals surface area (Å²) in [5.41, 5.74) is -0.876. The fourth-order valence-electron chi connectivity index (χ4n) is 2.91. The highest BCUT2D eigenvalue weighted by molar-refractivity contribution is 5.80. The fourth-order valence-corrected chi connectivity index (χ4v) is 2.91. The van der Waals surface area contributed by atoms with E-state index in [1.165, 1.54) is 0 Å². The molecule has 5 nitrogen and oxygen atoms in total. The van der Waals surface area contributed by atoms with Gasteiger partial charge in [-0.1, -0.05) is 13.8 Å². The van der Waals surface area contributed by atoms with Gasteiger partial charge in [-0.05, 0) is 32.6 Å². The van der Waals surface area contributed by atoms with Crippen molar-refractivity contribution < 1.29 is 9.90 Å². The summed E-state index contributed by atoms with van der Waals surface area (Å²) in [7, 11) is 0. The third kappa shape index (κ3) is 2.87. The van der Waals surface area contributed by atoms with Crippen LogP contribution in [0.15, 0.2) is 12.4 Å². The van der Waals surface area contributed by atoms with Crippen LogP contribution in [0.4, 0.5) is 0 Å². The van der Waals surface area contributed by atoms with Gasteiger partial charge in [-0.3, -0.25) is 10.1 Å². The number of hydrogen-bond acceptors (Lipinski definition) is 3. The van der Waals surface area contributed by atoms with E-state index >= 15 is 0 Å². The van der Waals surface area contributed by atoms with E-state index in [9.17, 15) is 9.90 Å². The Hall–Kier alpha value is -1.36. The summed E-state index contributed by atoms with van der Waals surface area (Å²) >= 11 is 0. The normalized spacial score (nSPS) is 18.5. The van der Waals surface area contributed by atoms with E-state index in [1.807, 2.05) is 24.6 Å². The average Bonchev–Trinajstić information content (AvgIpc) is 3.08. The zero-order valence-electron chi connectivity index (χ0n) is 12.8. The summed E-state index contributed by atoms with van der Waals surface area (Å²) in [6, 6.07) is 0.137. The number of nitrogens with one attached hydrogen (secondary N) is 1. The first-order valence-electron chi connectivity index (χ1n) is 7.39. The van der Waals surface area contributed by atoms with Crippen LogP contribution in [0, 0.1) is 5.92 Å². The van der Waals surface area contributed by atoms with Crippen LogP contribution >= 0.6 is 0 Å². The molecular formula is C15H25N3O2. The molecule has 1 aromatic heterocycles. The van der Waals surface area contributed by atoms with Crippen molar-refractivity contribution in [1.82, 2.24) is 14.9 Å². The van der Waals surface area contributed by atoms with Crippen LogP contribution in [0.25, 0.3) is 0 Å². The van der Waals surface area contributed by atoms with E-state index in [-0.39, 0.29) is 17.9 Å². The van der Waals surface area contributed by atoms with Crippen molar-refractivity contribution in [1.29, 1.82) is 0 Å². The zero-order chi connectivity index (χ0) is 14.9. The highest BCUT2D eigenvalue weighted by Gasteiger charge is 2.51. The first-order valence-corrected chi connectivity index (χ1v) is 7.39. The predicted molar refractivity (Wildman–Crippen MR) is 77.7 cm³/mol. The Morgan fingerprint density at radius 2 is 2.15 bits per heavy atom. The second-order valence-electron chi connectivity index (χ2n) is 6.42. The third-order valence-electron chi connectivity index (χ3n) is 3.89. The largest absolute Gasteiger partial charge is 0.480 e. The van der Waals surface area contributed by atoms with Gasteiger partial charge in [-0.15, -0.1) is 0 Å². The molecule has 1 atom stereocenters. The summed E-state index contributed by atoms with van der Waals surface area (Å²) in [5.74, 6) is 0.693. The summed E-state index contributed by atoms with van der Waals surface area (Å²) in [6.45, 7) is 8.59. The number of nitrogens with zero attached hydrogens (tertiary/aromatic N) is 2. The molecule has 20 heavy (non-hydrogen) atoms. The Balaban J connectivity index is 2.31. The minimum Gasteiger partial charge on any atom is -0.480 e. The molecule has 1 aliphatic carbocycles. The molecule has 0 saturated heterocycles. The number of imidazole rings is 1. The van der Waals surface area contributed by atoms with Crippen LogP contribution in [0.3, 0.4) is 0 Å². The highest BCUT2D eigenvalue weighted by atomic mass is 16.4. The zero-order valence-corrected chi connectivity index (χ0v) is 12.8. The van der Waals surface area contributed by atoms with Crippen molar-refractivity contribution >= 4 is 5.97 Å². The summed E-state index contributed by atoms with van der Waals surface area (Å²) < 4.78 is 1.99. The van der Waals surface area contributed by atoms with E-state index in [1.54, 1.807) is 6.20 Å². The Morgan fingerprint density at radius 3 is 2.60 bits per heavy atom. The van der Waals surface area contributed by atoms with Crippen molar-refractivity contribution in [3.63, 3.8) is 0 Å². The summed E-state index contributed by atoms with van der Waals surface area (Å²) in [6.07, 6.45) is 5.61. The quantitative estimate of drug-likeness (QED) is 0.803. The van der Waals surface area contributed by atoms with Crippen LogP contribution in [-0.2, 0) is 11.3 Å². The van der Waals surface area contributed by atoms with Crippen LogP contribution in [-0.4, -0.2) is 32.2 Å². The molecule has 1 fully saturated rings. The first-order chi connectivity index (χ1) is 9.36. The maximum atomic E-state index is 11.9. The lowest BCUT2D eigenvalue weighted by atomic mass is 9.91. The SMILES string of the molecule is CC(C)NC(Cn1ccnc1C(C)C)(C(=O)O)C1CC1. The molecule has 1 heterocycles. The van der Waals surface area contributed by atoms with Crippen molar-refractivity contribution in [3.05, 3.63) is 18.2 Å². The van der Waals surface area contributed by atoms with Crippen LogP contribution in [0.5, 0.6) is 0 Å². The van der Waals surface area contributed by atoms with Gasteiger partial charge in [0.05, 0.1) is 6.54 Å². The summed E-state index contributed by atoms with van der Waals surface area (Å²) in [5, 5.41) is 13.1. The molecule has 112 valence electrons. The number of aromatic nitrogens is 2. The van der Waals surface area contributed by atoms with Gasteiger partial charge in [0.15, 0.2) is 0 Å². The third-order valence-corrected chi connectivity index (χ3v) is 3.89. The molecule has 0 aliphatic heterocycles. The molecule has 0 radical (unpaired) electrons. The summed E-state index contributed by atoms with van der Waals surface area (Å²) in [4.78, 5) is 16.3. The lowest BCUT2D eigenvalue weighted by Gasteiger charge is -2.34. The van der Waals surface area contributed by atoms with Gasteiger partial charge < -0.3 is 9.67 Å². The van der Waals surface area contributed by atoms with Crippen molar-refractivity contribution in [2.75, 3.05) is 0 Å². The smallest absolute Gasteiger partial charge is 0.326 e. The van der Waals surface area contributed by atoms with Gasteiger partial charge in [0.25, 0.3) is 0 Å². The number of aliphatic carboxylic acids is 1. The molecule has 0 aromatic carbocycles. The van der Waals surface area contributed by atoms with E-state index in [4.69, 9.17) is 0 Å². The molecule has 1 aliphatic rings. The minimum absolute atomic E-state index is 0.137. The molecule has 5 heteroatoms. The molecule has 0 spiro atoms. The number of carboxylic acid groups (broad SMARTS) is 1. The van der Waals surface area contributed by atoms with Crippen molar-refractivity contribution in [3.8, 4) is 0 Å². The van der Waals surface area contributed by atoms with E-state index in [2.05, 4.69) is 24.1 Å². The topological polar surface area (TPSA) is 67.2 Å². The minimum atomic E-state index is -0.876. The standard InChI is InChI=1S/C15H25N3O2/c1-10(2)13-16-7-8-18(13)9-15(14(19)20,12-5-6-12)17-11(3)4/h7-8,10-12,17H,5-6,9H2,1-4H3,(H,19,20). The van der Waals surface area contributed by atoms with E-state index in [0.29, 0.717) is 6.54 Å². The first kappa shape index (κ1) is 15.0. The van der Waals surface area contributed by atoms with E-state index in [0.717, 1.165) is 18.7 Å². The molecule has 2 N–H and O–H groups in total. The van der Waals surface area contributed by atoms with Crippen molar-refractivity contribution in [2.45, 2.75) is 64.6 Å². The van der Waals surface area contributed by atoms with Gasteiger partial charge in [0.2, 0.25) is 0 Å². The molecule has 1 aromatic rings. The van der Waals surface area contributed by atoms with Crippen LogP contribution < -0.4 is 5.32 Å². The number of carboxylic acids is 1. The lowest BCUT2D eigenvalue weighted by molar-refractivity contribution is -0.147. The molecule has 1 saturated carbocycles. The Labute approximate surface area is 120 Å². The molecule has 0 bridgehead atoms. The second-order valence-corrected chi connectivity index (χ2v) is 6.42. The second kappa shape index (κ2) is 5.56. The number of carbonyl (C=O) groups is 1. The molecule has 2 rings (SSSR count). The Bertz CT molecular complexity index is 477. The highest BCUT2D eigenvalue weighted by Crippen LogP contribution is 2.41. The Morgan fingerprint density at radius 1 is 1.50 bits per heavy atom. The molecule has 0 amide bonds. The average molecular weight is 279 g/mol. The fraction of sp³-hybridized carbons (Fsp3) is 0.733. The predicted octanol–water partition coefficient (Wildman–Crippen LogP) is 2.24. The van der Waals surface area contributed by atoms with Crippen molar-refractivity contribution in [2.24, 2.45) is 5.92 Å². The monoisotopic (exact) mass is 279 g/mol. The van der Waals surface area contributed by atoms with Crippen LogP contribution in [0.1, 0.15) is 52.3 Å². The van der Waals surface area contributed by atoms with Gasteiger partial charge in [-0.25, -0.2) is 4.98 Å². The molecular weight excluding hydrogens is 254 g/mol. The van der Waals surface area contributed by atoms with Gasteiger partial charge in [-0.2, -0.15) is 0 Å². The maximum absolute atomic E-state index is 11.9. The van der Waals surface area contributed by atoms with Crippen LogP contribution in [0.2, 0.25) is 0 Å². The van der Waals surface area contributed by atoms with Gasteiger partial charge >= 0.3 is 5.97 Å². The maximum Gasteiger partial charge on any atom is 0.326 e. The number of rotatable bonds is 7. The lowest BCUT2D eigenvalue weighted by Crippen LogP contribution is -2.59.